The smallest absolute Gasteiger partial charge is 0.433 e. The number of hydrogen-bond donors (Lipinski definition) is 1. The summed E-state index contributed by atoms with van der Waals surface area (Å²) >= 11 is 0. The number of halogens is 3. The van der Waals surface area contributed by atoms with Crippen LogP contribution in [0.25, 0.3) is 11.5 Å². The third-order valence-electron chi connectivity index (χ3n) is 1.81. The maximum absolute atomic E-state index is 12.4. The predicted octanol–water partition coefficient (Wildman–Crippen LogP) is 2.34. The first-order chi connectivity index (χ1) is 7.47. The van der Waals surface area contributed by atoms with Gasteiger partial charge < -0.3 is 10.2 Å². The molecule has 16 heavy (non-hydrogen) atoms. The van der Waals surface area contributed by atoms with Crippen molar-refractivity contribution in [2.45, 2.75) is 6.18 Å². The van der Waals surface area contributed by atoms with Crippen LogP contribution in [0.3, 0.4) is 0 Å². The molecule has 0 aliphatic carbocycles. The van der Waals surface area contributed by atoms with E-state index in [2.05, 4.69) is 9.97 Å². The standard InChI is InChI=1S/C9H6F3N3O/c10-9(11,12)7-4-5(14-8(13)15-7)6-2-1-3-16-6/h1-4H,(H2,13,14,15). The number of anilines is 1. The topological polar surface area (TPSA) is 64.9 Å². The van der Waals surface area contributed by atoms with Crippen molar-refractivity contribution in [3.05, 3.63) is 30.2 Å². The Bertz CT molecular complexity index is 493. The largest absolute Gasteiger partial charge is 0.463 e. The highest BCUT2D eigenvalue weighted by Crippen LogP contribution is 2.30. The second kappa shape index (κ2) is 3.51. The number of aromatic nitrogens is 2. The van der Waals surface area contributed by atoms with Gasteiger partial charge in [-0.25, -0.2) is 9.97 Å². The fourth-order valence-corrected chi connectivity index (χ4v) is 1.16. The van der Waals surface area contributed by atoms with Crippen LogP contribution in [0.15, 0.2) is 28.9 Å². The molecule has 0 saturated carbocycles. The van der Waals surface area contributed by atoms with Gasteiger partial charge in [0.2, 0.25) is 5.95 Å². The molecule has 0 amide bonds. The van der Waals surface area contributed by atoms with Crippen molar-refractivity contribution >= 4 is 5.95 Å². The lowest BCUT2D eigenvalue weighted by Gasteiger charge is -2.07. The minimum atomic E-state index is -4.56. The molecule has 0 aliphatic heterocycles. The number of alkyl halides is 3. The Morgan fingerprint density at radius 2 is 2.00 bits per heavy atom. The van der Waals surface area contributed by atoms with Crippen LogP contribution in [0.5, 0.6) is 0 Å². The van der Waals surface area contributed by atoms with Crippen molar-refractivity contribution in [3.63, 3.8) is 0 Å². The zero-order valence-corrected chi connectivity index (χ0v) is 7.82. The first-order valence-electron chi connectivity index (χ1n) is 4.22. The van der Waals surface area contributed by atoms with E-state index in [-0.39, 0.29) is 11.5 Å². The van der Waals surface area contributed by atoms with Crippen molar-refractivity contribution in [3.8, 4) is 11.5 Å². The van der Waals surface area contributed by atoms with E-state index in [0.717, 1.165) is 6.07 Å². The van der Waals surface area contributed by atoms with Crippen LogP contribution in [0, 0.1) is 0 Å². The molecule has 0 fully saturated rings. The average Bonchev–Trinajstić information content (AvgIpc) is 2.68. The van der Waals surface area contributed by atoms with Gasteiger partial charge in [-0.15, -0.1) is 0 Å². The van der Waals surface area contributed by atoms with Gasteiger partial charge in [0.05, 0.1) is 6.26 Å². The molecule has 0 atom stereocenters. The second-order valence-electron chi connectivity index (χ2n) is 2.97. The van der Waals surface area contributed by atoms with Gasteiger partial charge in [0.1, 0.15) is 5.69 Å². The zero-order chi connectivity index (χ0) is 11.8. The van der Waals surface area contributed by atoms with Gasteiger partial charge in [-0.1, -0.05) is 0 Å². The van der Waals surface area contributed by atoms with E-state index in [4.69, 9.17) is 10.2 Å². The van der Waals surface area contributed by atoms with Crippen LogP contribution in [0.4, 0.5) is 19.1 Å². The van der Waals surface area contributed by atoms with Crippen molar-refractivity contribution in [1.29, 1.82) is 0 Å². The fraction of sp³-hybridized carbons (Fsp3) is 0.111. The summed E-state index contributed by atoms with van der Waals surface area (Å²) in [6.45, 7) is 0. The lowest BCUT2D eigenvalue weighted by atomic mass is 10.2. The molecular weight excluding hydrogens is 223 g/mol. The Balaban J connectivity index is 2.53. The van der Waals surface area contributed by atoms with E-state index in [0.29, 0.717) is 0 Å². The first-order valence-corrected chi connectivity index (χ1v) is 4.22. The molecule has 0 radical (unpaired) electrons. The lowest BCUT2D eigenvalue weighted by Crippen LogP contribution is -2.11. The molecule has 0 spiro atoms. The Kier molecular flexibility index (Phi) is 2.30. The number of nitrogens with two attached hydrogens (primary N) is 1. The summed E-state index contributed by atoms with van der Waals surface area (Å²) in [5.74, 6) is -0.235. The number of hydrogen-bond acceptors (Lipinski definition) is 4. The van der Waals surface area contributed by atoms with Crippen molar-refractivity contribution in [1.82, 2.24) is 9.97 Å². The van der Waals surface area contributed by atoms with E-state index in [1.165, 1.54) is 12.3 Å². The summed E-state index contributed by atoms with van der Waals surface area (Å²) in [5.41, 5.74) is 4.11. The molecule has 0 aromatic carbocycles. The van der Waals surface area contributed by atoms with E-state index in [1.807, 2.05) is 0 Å². The molecule has 2 aromatic heterocycles. The molecule has 7 heteroatoms. The molecule has 84 valence electrons. The van der Waals surface area contributed by atoms with E-state index < -0.39 is 17.8 Å². The molecule has 0 aliphatic rings. The van der Waals surface area contributed by atoms with Gasteiger partial charge >= 0.3 is 6.18 Å². The predicted molar refractivity (Wildman–Crippen MR) is 49.1 cm³/mol. The number of furan rings is 1. The normalized spacial score (nSPS) is 11.7. The quantitative estimate of drug-likeness (QED) is 0.815. The van der Waals surface area contributed by atoms with Crippen LogP contribution in [0.1, 0.15) is 5.69 Å². The first kappa shape index (κ1) is 10.5. The van der Waals surface area contributed by atoms with Crippen LogP contribution in [0.2, 0.25) is 0 Å². The van der Waals surface area contributed by atoms with Gasteiger partial charge in [-0.3, -0.25) is 0 Å². The molecule has 2 N–H and O–H groups in total. The maximum atomic E-state index is 12.4. The molecule has 0 unspecified atom stereocenters. The highest BCUT2D eigenvalue weighted by molar-refractivity contribution is 5.54. The Hall–Kier alpha value is -2.05. The second-order valence-corrected chi connectivity index (χ2v) is 2.97. The fourth-order valence-electron chi connectivity index (χ4n) is 1.16. The molecule has 0 bridgehead atoms. The molecule has 2 heterocycles. The molecular formula is C9H6F3N3O. The van der Waals surface area contributed by atoms with Gasteiger partial charge in [0.15, 0.2) is 11.5 Å². The minimum absolute atomic E-state index is 0.00447. The van der Waals surface area contributed by atoms with Gasteiger partial charge in [0.25, 0.3) is 0 Å². The number of nitrogen functional groups attached to an aromatic ring is 1. The van der Waals surface area contributed by atoms with Gasteiger partial charge in [-0.2, -0.15) is 13.2 Å². The number of rotatable bonds is 1. The van der Waals surface area contributed by atoms with Crippen LogP contribution in [-0.2, 0) is 6.18 Å². The summed E-state index contributed by atoms with van der Waals surface area (Å²) in [6, 6.07) is 3.82. The van der Waals surface area contributed by atoms with Crippen LogP contribution < -0.4 is 5.73 Å². The Labute approximate surface area is 87.9 Å². The molecule has 4 nitrogen and oxygen atoms in total. The van der Waals surface area contributed by atoms with Gasteiger partial charge in [-0.05, 0) is 18.2 Å². The van der Waals surface area contributed by atoms with Crippen molar-refractivity contribution in [2.24, 2.45) is 0 Å². The summed E-state index contributed by atoms with van der Waals surface area (Å²) in [7, 11) is 0. The van der Waals surface area contributed by atoms with Crippen LogP contribution in [-0.4, -0.2) is 9.97 Å². The SMILES string of the molecule is Nc1nc(-c2ccco2)cc(C(F)(F)F)n1. The zero-order valence-electron chi connectivity index (χ0n) is 7.82. The molecule has 2 aromatic rings. The highest BCUT2D eigenvalue weighted by atomic mass is 19.4. The summed E-state index contributed by atoms with van der Waals surface area (Å²) in [5, 5.41) is 0. The van der Waals surface area contributed by atoms with Crippen LogP contribution >= 0.6 is 0 Å². The van der Waals surface area contributed by atoms with E-state index in [9.17, 15) is 13.2 Å². The molecule has 0 saturated heterocycles. The minimum Gasteiger partial charge on any atom is -0.463 e. The molecule has 2 rings (SSSR count). The van der Waals surface area contributed by atoms with E-state index in [1.54, 1.807) is 6.07 Å². The van der Waals surface area contributed by atoms with Gasteiger partial charge in [0, 0.05) is 0 Å². The summed E-state index contributed by atoms with van der Waals surface area (Å²) < 4.78 is 42.2. The Morgan fingerprint density at radius 3 is 2.56 bits per heavy atom. The Morgan fingerprint density at radius 1 is 1.25 bits per heavy atom. The monoisotopic (exact) mass is 229 g/mol. The third-order valence-corrected chi connectivity index (χ3v) is 1.81. The van der Waals surface area contributed by atoms with Crippen molar-refractivity contribution in [2.75, 3.05) is 5.73 Å². The number of nitrogens with zero attached hydrogens (tertiary/aromatic N) is 2. The summed E-state index contributed by atoms with van der Waals surface area (Å²) in [6.07, 6.45) is -3.22. The lowest BCUT2D eigenvalue weighted by molar-refractivity contribution is -0.141. The third kappa shape index (κ3) is 1.97. The van der Waals surface area contributed by atoms with E-state index >= 15 is 0 Å². The average molecular weight is 229 g/mol. The maximum Gasteiger partial charge on any atom is 0.433 e. The highest BCUT2D eigenvalue weighted by Gasteiger charge is 2.33. The summed E-state index contributed by atoms with van der Waals surface area (Å²) in [4.78, 5) is 6.78. The van der Waals surface area contributed by atoms with Crippen molar-refractivity contribution < 1.29 is 17.6 Å².